The molecule has 0 atom stereocenters. The van der Waals surface area contributed by atoms with Crippen LogP contribution in [0.4, 0.5) is 16.0 Å². The van der Waals surface area contributed by atoms with Crippen LogP contribution < -0.4 is 10.1 Å². The number of phosphoric ester groups is 1. The Morgan fingerprint density at radius 1 is 1.10 bits per heavy atom. The summed E-state index contributed by atoms with van der Waals surface area (Å²) in [6, 6.07) is 13.2. The van der Waals surface area contributed by atoms with E-state index in [-0.39, 0.29) is 31.0 Å². The lowest BCUT2D eigenvalue weighted by Gasteiger charge is -2.20. The number of nitrogens with zero attached hydrogens (tertiary/aromatic N) is 4. The Labute approximate surface area is 236 Å². The zero-order valence-electron chi connectivity index (χ0n) is 22.5. The monoisotopic (exact) mass is 586 g/mol. The third kappa shape index (κ3) is 9.69. The van der Waals surface area contributed by atoms with Crippen LogP contribution in [0.5, 0.6) is 5.75 Å². The molecule has 0 aliphatic heterocycles. The smallest absolute Gasteiger partial charge is 0.469 e. The molecular weight excluding hydrogens is 554 g/mol. The summed E-state index contributed by atoms with van der Waals surface area (Å²) in [4.78, 5) is 40.7. The van der Waals surface area contributed by atoms with E-state index >= 15 is 0 Å². The number of benzene rings is 2. The minimum absolute atomic E-state index is 0.0476. The van der Waals surface area contributed by atoms with Crippen molar-refractivity contribution in [3.05, 3.63) is 71.9 Å². The van der Waals surface area contributed by atoms with Gasteiger partial charge in [-0.25, -0.2) is 18.9 Å². The van der Waals surface area contributed by atoms with E-state index in [0.717, 1.165) is 11.9 Å². The van der Waals surface area contributed by atoms with Crippen molar-refractivity contribution in [1.82, 2.24) is 25.1 Å². The number of carbonyl (C=O) groups is 1. The van der Waals surface area contributed by atoms with Crippen LogP contribution in [0.25, 0.3) is 10.9 Å². The Kier molecular flexibility index (Phi) is 10.5. The van der Waals surface area contributed by atoms with Crippen LogP contribution in [0, 0.1) is 5.82 Å². The van der Waals surface area contributed by atoms with Gasteiger partial charge in [-0.1, -0.05) is 19.1 Å². The zero-order chi connectivity index (χ0) is 29.2. The molecule has 0 aliphatic carbocycles. The van der Waals surface area contributed by atoms with Gasteiger partial charge in [0, 0.05) is 49.1 Å². The highest BCUT2D eigenvalue weighted by Gasteiger charge is 2.14. The highest BCUT2D eigenvalue weighted by Crippen LogP contribution is 2.35. The maximum absolute atomic E-state index is 13.4. The molecular formula is C27H32FN6O6P. The number of rotatable bonds is 16. The van der Waals surface area contributed by atoms with Crippen molar-refractivity contribution < 1.29 is 32.8 Å². The van der Waals surface area contributed by atoms with E-state index < -0.39 is 7.82 Å². The second-order valence-corrected chi connectivity index (χ2v) is 10.5. The minimum Gasteiger partial charge on any atom is -0.493 e. The minimum atomic E-state index is -4.46. The molecule has 14 heteroatoms. The lowest BCUT2D eigenvalue weighted by Crippen LogP contribution is -2.29. The Balaban J connectivity index is 1.28. The third-order valence-corrected chi connectivity index (χ3v) is 6.68. The number of ether oxygens (including phenoxy) is 1. The standard InChI is InChI=1S/C27H32FN6O6P/c1-2-34(10-12-40-41(36,37)38)9-4-11-39-23-7-8-24-25(17-23)29-18-30-27(24)31-26-16-21(32-33-26)15-22(35)14-19-5-3-6-20(28)13-19/h3,5-8,13,16-18H,2,4,9-12,14-15H2,1H3,(H2,36,37,38)(H2,29,30,31,32,33). The first-order valence-corrected chi connectivity index (χ1v) is 14.6. The highest BCUT2D eigenvalue weighted by molar-refractivity contribution is 7.46. The first kappa shape index (κ1) is 30.2. The predicted octanol–water partition coefficient (Wildman–Crippen LogP) is 3.79. The number of halogens is 1. The largest absolute Gasteiger partial charge is 0.493 e. The molecule has 0 unspecified atom stereocenters. The van der Waals surface area contributed by atoms with Gasteiger partial charge in [0.1, 0.15) is 29.5 Å². The van der Waals surface area contributed by atoms with Crippen molar-refractivity contribution in [3.63, 3.8) is 0 Å². The van der Waals surface area contributed by atoms with Crippen LogP contribution in [0.1, 0.15) is 24.6 Å². The summed E-state index contributed by atoms with van der Waals surface area (Å²) in [6.45, 7) is 4.18. The molecule has 0 bridgehead atoms. The topological polar surface area (TPSA) is 163 Å². The van der Waals surface area contributed by atoms with E-state index in [9.17, 15) is 13.8 Å². The predicted molar refractivity (Wildman–Crippen MR) is 150 cm³/mol. The molecule has 0 spiro atoms. The molecule has 41 heavy (non-hydrogen) atoms. The van der Waals surface area contributed by atoms with E-state index in [1.807, 2.05) is 30.0 Å². The Morgan fingerprint density at radius 3 is 2.73 bits per heavy atom. The molecule has 2 heterocycles. The first-order valence-electron chi connectivity index (χ1n) is 13.1. The quantitative estimate of drug-likeness (QED) is 0.112. The van der Waals surface area contributed by atoms with E-state index in [0.29, 0.717) is 60.3 Å². The summed E-state index contributed by atoms with van der Waals surface area (Å²) < 4.78 is 34.6. The lowest BCUT2D eigenvalue weighted by atomic mass is 10.1. The van der Waals surface area contributed by atoms with E-state index in [1.165, 1.54) is 18.5 Å². The van der Waals surface area contributed by atoms with Gasteiger partial charge in [-0.15, -0.1) is 0 Å². The van der Waals surface area contributed by atoms with Crippen LogP contribution in [-0.4, -0.2) is 73.5 Å². The number of nitrogens with one attached hydrogen (secondary N) is 2. The molecule has 0 saturated carbocycles. The fourth-order valence-electron chi connectivity index (χ4n) is 4.21. The zero-order valence-corrected chi connectivity index (χ0v) is 23.4. The van der Waals surface area contributed by atoms with Gasteiger partial charge >= 0.3 is 7.82 Å². The number of ketones is 1. The molecule has 0 fully saturated rings. The second kappa shape index (κ2) is 14.2. The van der Waals surface area contributed by atoms with Gasteiger partial charge < -0.3 is 24.7 Å². The number of Topliss-reactive ketones (excluding diaryl/α,β-unsaturated/α-hetero) is 1. The highest BCUT2D eigenvalue weighted by atomic mass is 31.2. The molecule has 218 valence electrons. The van der Waals surface area contributed by atoms with Gasteiger partial charge in [0.25, 0.3) is 0 Å². The van der Waals surface area contributed by atoms with Gasteiger partial charge in [0.15, 0.2) is 5.82 Å². The Morgan fingerprint density at radius 2 is 1.95 bits per heavy atom. The SMILES string of the molecule is CCN(CCCOc1ccc2c(Nc3cc(CC(=O)Cc4cccc(F)c4)[nH]n3)ncnc2c1)CCOP(=O)(O)O. The number of H-pyrrole nitrogens is 1. The van der Waals surface area contributed by atoms with E-state index in [1.54, 1.807) is 18.2 Å². The van der Waals surface area contributed by atoms with E-state index in [4.69, 9.17) is 14.5 Å². The third-order valence-electron chi connectivity index (χ3n) is 6.16. The summed E-state index contributed by atoms with van der Waals surface area (Å²) in [7, 11) is -4.46. The van der Waals surface area contributed by atoms with Gasteiger partial charge in [-0.3, -0.25) is 14.4 Å². The Bertz CT molecular complexity index is 1510. The average Bonchev–Trinajstić information content (AvgIpc) is 3.35. The molecule has 0 radical (unpaired) electrons. The molecule has 0 saturated heterocycles. The average molecular weight is 587 g/mol. The maximum atomic E-state index is 13.4. The molecule has 4 N–H and O–H groups in total. The fraction of sp³-hybridized carbons (Fsp3) is 0.333. The summed E-state index contributed by atoms with van der Waals surface area (Å²) in [5, 5.41) is 11.0. The molecule has 2 aromatic carbocycles. The summed E-state index contributed by atoms with van der Waals surface area (Å²) in [6.07, 6.45) is 2.41. The molecule has 4 rings (SSSR count). The molecule has 0 aliphatic rings. The first-order chi connectivity index (χ1) is 19.7. The maximum Gasteiger partial charge on any atom is 0.469 e. The number of likely N-dealkylation sites (N-methyl/N-ethyl adjacent to an activating group) is 1. The van der Waals surface area contributed by atoms with E-state index in [2.05, 4.69) is 30.0 Å². The number of carbonyl (C=O) groups excluding carboxylic acids is 1. The number of aromatic nitrogens is 4. The van der Waals surface area contributed by atoms with Gasteiger partial charge in [0.2, 0.25) is 0 Å². The van der Waals surface area contributed by atoms with Crippen molar-refractivity contribution in [2.75, 3.05) is 38.2 Å². The van der Waals surface area contributed by atoms with Crippen LogP contribution in [-0.2, 0) is 26.7 Å². The van der Waals surface area contributed by atoms with Gasteiger partial charge in [-0.2, -0.15) is 5.10 Å². The number of hydrogen-bond donors (Lipinski definition) is 4. The number of anilines is 2. The second-order valence-electron chi connectivity index (χ2n) is 9.29. The number of hydrogen-bond acceptors (Lipinski definition) is 9. The van der Waals surface area contributed by atoms with Crippen molar-refractivity contribution >= 4 is 36.1 Å². The van der Waals surface area contributed by atoms with Crippen LogP contribution in [0.2, 0.25) is 0 Å². The molecule has 0 amide bonds. The lowest BCUT2D eigenvalue weighted by molar-refractivity contribution is -0.117. The van der Waals surface area contributed by atoms with Crippen molar-refractivity contribution in [3.8, 4) is 5.75 Å². The van der Waals surface area contributed by atoms with Crippen molar-refractivity contribution in [1.29, 1.82) is 0 Å². The summed E-state index contributed by atoms with van der Waals surface area (Å²) >= 11 is 0. The Hall–Kier alpha value is -3.74. The van der Waals surface area contributed by atoms with Crippen molar-refractivity contribution in [2.45, 2.75) is 26.2 Å². The number of fused-ring (bicyclic) bond motifs is 1. The van der Waals surface area contributed by atoms with Gasteiger partial charge in [-0.05, 0) is 42.8 Å². The number of phosphoric acid groups is 1. The molecule has 2 aromatic heterocycles. The van der Waals surface area contributed by atoms with Crippen molar-refractivity contribution in [2.24, 2.45) is 0 Å². The molecule has 4 aromatic rings. The summed E-state index contributed by atoms with van der Waals surface area (Å²) in [5.41, 5.74) is 1.92. The van der Waals surface area contributed by atoms with Crippen LogP contribution in [0.3, 0.4) is 0 Å². The van der Waals surface area contributed by atoms with Crippen LogP contribution >= 0.6 is 7.82 Å². The summed E-state index contributed by atoms with van der Waals surface area (Å²) in [5.74, 6) is 1.24. The van der Waals surface area contributed by atoms with Gasteiger partial charge in [0.05, 0.1) is 18.7 Å². The van der Waals surface area contributed by atoms with Crippen LogP contribution in [0.15, 0.2) is 54.9 Å². The molecule has 12 nitrogen and oxygen atoms in total. The normalized spacial score (nSPS) is 11.7. The number of aromatic amines is 1. The fourth-order valence-corrected chi connectivity index (χ4v) is 4.53.